The number of nitrogens with one attached hydrogen (secondary N) is 1. The maximum Gasteiger partial charge on any atom is 0.303 e. The highest BCUT2D eigenvalue weighted by Gasteiger charge is 2.21. The third-order valence-electron chi connectivity index (χ3n) is 2.87. The van der Waals surface area contributed by atoms with Gasteiger partial charge in [0.25, 0.3) is 10.0 Å². The first-order valence-corrected chi connectivity index (χ1v) is 8.04. The molecule has 0 unspecified atom stereocenters. The Labute approximate surface area is 127 Å². The molecule has 120 valence electrons. The van der Waals surface area contributed by atoms with Crippen molar-refractivity contribution in [1.82, 2.24) is 4.72 Å². The molecule has 0 radical (unpaired) electrons. The van der Waals surface area contributed by atoms with Crippen LogP contribution in [0.3, 0.4) is 0 Å². The van der Waals surface area contributed by atoms with Crippen LogP contribution in [0.25, 0.3) is 0 Å². The minimum atomic E-state index is -4.03. The first kappa shape index (κ1) is 16.1. The van der Waals surface area contributed by atoms with E-state index < -0.39 is 21.9 Å². The van der Waals surface area contributed by atoms with Gasteiger partial charge >= 0.3 is 5.97 Å². The Morgan fingerprint density at radius 3 is 2.50 bits per heavy atom. The first-order valence-electron chi connectivity index (χ1n) is 6.55. The summed E-state index contributed by atoms with van der Waals surface area (Å²) in [4.78, 5) is 21.8. The van der Waals surface area contributed by atoms with Crippen LogP contribution in [-0.2, 0) is 19.6 Å². The molecule has 0 saturated heterocycles. The van der Waals surface area contributed by atoms with E-state index >= 15 is 0 Å². The fourth-order valence-corrected chi connectivity index (χ4v) is 2.88. The average molecular weight is 329 g/mol. The number of ether oxygens (including phenoxy) is 2. The van der Waals surface area contributed by atoms with E-state index in [2.05, 4.69) is 0 Å². The van der Waals surface area contributed by atoms with Gasteiger partial charge in [-0.1, -0.05) is 0 Å². The van der Waals surface area contributed by atoms with Crippen molar-refractivity contribution in [2.45, 2.75) is 24.2 Å². The van der Waals surface area contributed by atoms with Crippen LogP contribution < -0.4 is 14.2 Å². The number of carbonyl (C=O) groups is 2. The number of rotatable bonds is 6. The lowest BCUT2D eigenvalue weighted by molar-refractivity contribution is -0.137. The Bertz CT molecular complexity index is 684. The topological polar surface area (TPSA) is 119 Å². The summed E-state index contributed by atoms with van der Waals surface area (Å²) in [5.74, 6) is -1.05. The predicted molar refractivity (Wildman–Crippen MR) is 74.2 cm³/mol. The molecule has 0 aliphatic carbocycles. The van der Waals surface area contributed by atoms with Crippen molar-refractivity contribution in [3.63, 3.8) is 0 Å². The number of carbonyl (C=O) groups excluding carboxylic acids is 1. The molecule has 1 aromatic rings. The van der Waals surface area contributed by atoms with Gasteiger partial charge < -0.3 is 14.6 Å². The van der Waals surface area contributed by atoms with Gasteiger partial charge in [-0.15, -0.1) is 0 Å². The van der Waals surface area contributed by atoms with Crippen LogP contribution in [0.1, 0.15) is 19.3 Å². The van der Waals surface area contributed by atoms with Crippen molar-refractivity contribution >= 4 is 21.9 Å². The standard InChI is InChI=1S/C13H15NO7S/c15-12(2-1-3-13(16)17)14-22(18,19)9-4-5-10-11(8-9)21-7-6-20-10/h4-5,8H,1-3,6-7H2,(H,14,15)(H,16,17). The summed E-state index contributed by atoms with van der Waals surface area (Å²) in [6, 6.07) is 4.04. The summed E-state index contributed by atoms with van der Waals surface area (Å²) >= 11 is 0. The van der Waals surface area contributed by atoms with Crippen molar-refractivity contribution in [2.24, 2.45) is 0 Å². The molecule has 2 rings (SSSR count). The highest BCUT2D eigenvalue weighted by atomic mass is 32.2. The van der Waals surface area contributed by atoms with Crippen molar-refractivity contribution < 1.29 is 32.6 Å². The summed E-state index contributed by atoms with van der Waals surface area (Å²) in [6.07, 6.45) is -0.314. The summed E-state index contributed by atoms with van der Waals surface area (Å²) in [7, 11) is -4.03. The fraction of sp³-hybridized carbons (Fsp3) is 0.385. The number of hydrogen-bond donors (Lipinski definition) is 2. The molecule has 0 spiro atoms. The summed E-state index contributed by atoms with van der Waals surface area (Å²) in [5, 5.41) is 8.47. The van der Waals surface area contributed by atoms with E-state index in [9.17, 15) is 18.0 Å². The minimum absolute atomic E-state index is 0.0673. The molecule has 0 fully saturated rings. The molecular formula is C13H15NO7S. The summed E-state index contributed by atoms with van der Waals surface area (Å²) < 4.78 is 36.6. The smallest absolute Gasteiger partial charge is 0.303 e. The Hall–Kier alpha value is -2.29. The molecule has 0 aromatic heterocycles. The highest BCUT2D eigenvalue weighted by molar-refractivity contribution is 7.90. The zero-order valence-electron chi connectivity index (χ0n) is 11.6. The molecule has 1 aliphatic rings. The lowest BCUT2D eigenvalue weighted by Gasteiger charge is -2.18. The molecule has 0 saturated carbocycles. The number of benzene rings is 1. The Morgan fingerprint density at radius 2 is 1.82 bits per heavy atom. The molecule has 1 heterocycles. The molecule has 9 heteroatoms. The third-order valence-corrected chi connectivity index (χ3v) is 4.24. The second-order valence-corrected chi connectivity index (χ2v) is 6.26. The van der Waals surface area contributed by atoms with Crippen LogP contribution in [0.5, 0.6) is 11.5 Å². The molecule has 2 N–H and O–H groups in total. The zero-order valence-corrected chi connectivity index (χ0v) is 12.4. The van der Waals surface area contributed by atoms with Gasteiger partial charge in [-0.2, -0.15) is 0 Å². The number of hydrogen-bond acceptors (Lipinski definition) is 6. The number of sulfonamides is 1. The Kier molecular flexibility index (Phi) is 4.86. The molecular weight excluding hydrogens is 314 g/mol. The van der Waals surface area contributed by atoms with Crippen LogP contribution >= 0.6 is 0 Å². The second-order valence-electron chi connectivity index (χ2n) is 4.58. The fourth-order valence-electron chi connectivity index (χ4n) is 1.85. The number of aliphatic carboxylic acids is 1. The zero-order chi connectivity index (χ0) is 16.2. The van der Waals surface area contributed by atoms with Gasteiger partial charge in [-0.3, -0.25) is 9.59 Å². The molecule has 0 atom stereocenters. The quantitative estimate of drug-likeness (QED) is 0.780. The maximum absolute atomic E-state index is 12.1. The van der Waals surface area contributed by atoms with E-state index in [1.807, 2.05) is 4.72 Å². The average Bonchev–Trinajstić information content (AvgIpc) is 2.45. The van der Waals surface area contributed by atoms with Crippen LogP contribution in [0.2, 0.25) is 0 Å². The Morgan fingerprint density at radius 1 is 1.14 bits per heavy atom. The van der Waals surface area contributed by atoms with Crippen molar-refractivity contribution in [1.29, 1.82) is 0 Å². The van der Waals surface area contributed by atoms with Crippen molar-refractivity contribution in [3.8, 4) is 11.5 Å². The molecule has 0 bridgehead atoms. The van der Waals surface area contributed by atoms with E-state index in [4.69, 9.17) is 14.6 Å². The first-order chi connectivity index (χ1) is 10.4. The van der Waals surface area contributed by atoms with E-state index in [1.54, 1.807) is 0 Å². The van der Waals surface area contributed by atoms with Gasteiger partial charge in [0.1, 0.15) is 13.2 Å². The van der Waals surface area contributed by atoms with E-state index in [-0.39, 0.29) is 24.2 Å². The molecule has 22 heavy (non-hydrogen) atoms. The van der Waals surface area contributed by atoms with Gasteiger partial charge in [0.2, 0.25) is 5.91 Å². The molecule has 1 aromatic carbocycles. The van der Waals surface area contributed by atoms with Gasteiger partial charge in [0.15, 0.2) is 11.5 Å². The van der Waals surface area contributed by atoms with E-state index in [1.165, 1.54) is 18.2 Å². The minimum Gasteiger partial charge on any atom is -0.486 e. The van der Waals surface area contributed by atoms with E-state index in [0.717, 1.165) is 0 Å². The van der Waals surface area contributed by atoms with Gasteiger partial charge in [0, 0.05) is 18.9 Å². The number of fused-ring (bicyclic) bond motifs is 1. The van der Waals surface area contributed by atoms with Crippen LogP contribution in [-0.4, -0.2) is 38.6 Å². The lowest BCUT2D eigenvalue weighted by Crippen LogP contribution is -2.30. The van der Waals surface area contributed by atoms with Crippen LogP contribution in [0, 0.1) is 0 Å². The van der Waals surface area contributed by atoms with Crippen molar-refractivity contribution in [3.05, 3.63) is 18.2 Å². The molecule has 8 nitrogen and oxygen atoms in total. The van der Waals surface area contributed by atoms with Gasteiger partial charge in [-0.25, -0.2) is 13.1 Å². The molecule has 1 aliphatic heterocycles. The third kappa shape index (κ3) is 4.10. The highest BCUT2D eigenvalue weighted by Crippen LogP contribution is 2.32. The molecule has 1 amide bonds. The lowest BCUT2D eigenvalue weighted by atomic mass is 10.2. The van der Waals surface area contributed by atoms with Gasteiger partial charge in [0.05, 0.1) is 4.90 Å². The number of amides is 1. The number of carboxylic acids is 1. The maximum atomic E-state index is 12.1. The van der Waals surface area contributed by atoms with Gasteiger partial charge in [-0.05, 0) is 18.6 Å². The predicted octanol–water partition coefficient (Wildman–Crippen LogP) is 0.518. The summed E-state index contributed by atoms with van der Waals surface area (Å²) in [6.45, 7) is 0.706. The second kappa shape index (κ2) is 6.65. The normalized spacial score (nSPS) is 13.5. The monoisotopic (exact) mass is 329 g/mol. The summed E-state index contributed by atoms with van der Waals surface area (Å²) in [5.41, 5.74) is 0. The van der Waals surface area contributed by atoms with Crippen molar-refractivity contribution in [2.75, 3.05) is 13.2 Å². The van der Waals surface area contributed by atoms with Crippen LogP contribution in [0.15, 0.2) is 23.1 Å². The Balaban J connectivity index is 2.03. The number of carboxylic acid groups (broad SMARTS) is 1. The van der Waals surface area contributed by atoms with E-state index in [0.29, 0.717) is 24.7 Å². The SMILES string of the molecule is O=C(O)CCCC(=O)NS(=O)(=O)c1ccc2c(c1)OCCO2. The van der Waals surface area contributed by atoms with Crippen LogP contribution in [0.4, 0.5) is 0 Å². The largest absolute Gasteiger partial charge is 0.486 e.